The van der Waals surface area contributed by atoms with Gasteiger partial charge in [0, 0.05) is 19.2 Å². The maximum atomic E-state index is 5.60. The van der Waals surface area contributed by atoms with Gasteiger partial charge in [-0.3, -0.25) is 0 Å². The Morgan fingerprint density at radius 3 is 2.36 bits per heavy atom. The molecule has 2 rings (SSSR count). The van der Waals surface area contributed by atoms with Crippen LogP contribution in [0.4, 0.5) is 0 Å². The third-order valence-corrected chi connectivity index (χ3v) is 3.21. The Kier molecular flexibility index (Phi) is 8.63. The molecular formula is C11H22KNO. The minimum absolute atomic E-state index is 0. The molecule has 0 spiro atoms. The summed E-state index contributed by atoms with van der Waals surface area (Å²) in [6.07, 6.45) is 7.32. The van der Waals surface area contributed by atoms with Gasteiger partial charge in [-0.05, 0) is 32.7 Å². The molecule has 0 N–H and O–H groups in total. The van der Waals surface area contributed by atoms with Crippen LogP contribution >= 0.6 is 0 Å². The zero-order valence-electron chi connectivity index (χ0n) is 9.96. The van der Waals surface area contributed by atoms with Crippen LogP contribution in [0.5, 0.6) is 0 Å². The average molecular weight is 223 g/mol. The third kappa shape index (κ3) is 4.20. The summed E-state index contributed by atoms with van der Waals surface area (Å²) in [6, 6.07) is 0.870. The molecule has 1 atom stereocenters. The fraction of sp³-hybridized carbons (Fsp3) is 0.909. The molecule has 14 heavy (non-hydrogen) atoms. The van der Waals surface area contributed by atoms with E-state index in [1.807, 2.05) is 0 Å². The predicted octanol–water partition coefficient (Wildman–Crippen LogP) is -0.896. The number of ether oxygens (including phenoxy) is 1. The first-order valence-corrected chi connectivity index (χ1v) is 5.18. The molecule has 0 radical (unpaired) electrons. The van der Waals surface area contributed by atoms with E-state index in [0.29, 0.717) is 6.10 Å². The molecule has 3 heteroatoms. The third-order valence-electron chi connectivity index (χ3n) is 3.21. The number of likely N-dealkylation sites (N-methyl/N-ethyl adjacent to an activating group) is 1. The topological polar surface area (TPSA) is 12.5 Å². The molecule has 0 bridgehead atoms. The molecule has 1 aliphatic heterocycles. The van der Waals surface area contributed by atoms with E-state index in [-0.39, 0.29) is 58.8 Å². The largest absolute Gasteiger partial charge is 1.00 e. The van der Waals surface area contributed by atoms with E-state index in [9.17, 15) is 0 Å². The summed E-state index contributed by atoms with van der Waals surface area (Å²) in [5, 5.41) is 0. The normalized spacial score (nSPS) is 26.6. The maximum Gasteiger partial charge on any atom is 1.00 e. The molecule has 1 saturated heterocycles. The molecule has 0 aromatic heterocycles. The van der Waals surface area contributed by atoms with Crippen LogP contribution in [0.3, 0.4) is 0 Å². The maximum absolute atomic E-state index is 5.60. The van der Waals surface area contributed by atoms with Crippen LogP contribution in [0.2, 0.25) is 0 Å². The molecule has 2 nitrogen and oxygen atoms in total. The van der Waals surface area contributed by atoms with Gasteiger partial charge in [0.05, 0.1) is 6.10 Å². The van der Waals surface area contributed by atoms with Crippen molar-refractivity contribution in [3.8, 4) is 0 Å². The first kappa shape index (κ1) is 15.6. The first-order valence-electron chi connectivity index (χ1n) is 5.18. The van der Waals surface area contributed by atoms with Crippen molar-refractivity contribution in [3.63, 3.8) is 0 Å². The zero-order valence-corrected chi connectivity index (χ0v) is 13.1. The van der Waals surface area contributed by atoms with E-state index in [0.717, 1.165) is 19.2 Å². The SMILES string of the molecule is CN(CC1CCCO1)C1CCC1.[CH3-].[K+]. The fourth-order valence-electron chi connectivity index (χ4n) is 2.09. The Morgan fingerprint density at radius 2 is 1.93 bits per heavy atom. The Bertz CT molecular complexity index is 144. The minimum Gasteiger partial charge on any atom is -0.377 e. The number of nitrogens with zero attached hydrogens (tertiary/aromatic N) is 1. The second-order valence-electron chi connectivity index (χ2n) is 4.16. The van der Waals surface area contributed by atoms with E-state index in [4.69, 9.17) is 4.74 Å². The molecule has 2 fully saturated rings. The molecule has 1 aliphatic carbocycles. The van der Waals surface area contributed by atoms with Crippen LogP contribution in [0.1, 0.15) is 32.1 Å². The monoisotopic (exact) mass is 223 g/mol. The van der Waals surface area contributed by atoms with E-state index in [1.165, 1.54) is 32.1 Å². The molecule has 1 saturated carbocycles. The van der Waals surface area contributed by atoms with E-state index in [2.05, 4.69) is 11.9 Å². The van der Waals surface area contributed by atoms with Crippen molar-refractivity contribution in [2.45, 2.75) is 44.2 Å². The van der Waals surface area contributed by atoms with Crippen LogP contribution in [-0.4, -0.2) is 37.2 Å². The van der Waals surface area contributed by atoms with Crippen molar-refractivity contribution in [1.82, 2.24) is 4.90 Å². The van der Waals surface area contributed by atoms with Crippen molar-refractivity contribution >= 4 is 0 Å². The second kappa shape index (κ2) is 7.77. The average Bonchev–Trinajstić information content (AvgIpc) is 2.34. The molecule has 0 aromatic rings. The molecule has 78 valence electrons. The number of hydrogen-bond donors (Lipinski definition) is 0. The summed E-state index contributed by atoms with van der Waals surface area (Å²) in [5.41, 5.74) is 0. The fourth-order valence-corrected chi connectivity index (χ4v) is 2.09. The predicted molar refractivity (Wildman–Crippen MR) is 55.7 cm³/mol. The molecular weight excluding hydrogens is 201 g/mol. The Balaban J connectivity index is 0.000000845. The smallest absolute Gasteiger partial charge is 0.377 e. The van der Waals surface area contributed by atoms with E-state index < -0.39 is 0 Å². The summed E-state index contributed by atoms with van der Waals surface area (Å²) < 4.78 is 5.60. The zero-order chi connectivity index (χ0) is 8.39. The van der Waals surface area contributed by atoms with Gasteiger partial charge in [0.1, 0.15) is 0 Å². The van der Waals surface area contributed by atoms with Crippen molar-refractivity contribution < 1.29 is 56.1 Å². The first-order chi connectivity index (χ1) is 5.86. The molecule has 1 unspecified atom stereocenters. The van der Waals surface area contributed by atoms with Gasteiger partial charge in [0.15, 0.2) is 0 Å². The Hall–Kier alpha value is 1.56. The number of rotatable bonds is 3. The minimum atomic E-state index is 0. The van der Waals surface area contributed by atoms with Crippen molar-refractivity contribution in [2.75, 3.05) is 20.2 Å². The second-order valence-corrected chi connectivity index (χ2v) is 4.16. The van der Waals surface area contributed by atoms with Gasteiger partial charge in [0.25, 0.3) is 0 Å². The molecule has 2 aliphatic rings. The molecule has 1 heterocycles. The van der Waals surface area contributed by atoms with Crippen LogP contribution in [0.25, 0.3) is 0 Å². The summed E-state index contributed by atoms with van der Waals surface area (Å²) in [7, 11) is 2.24. The van der Waals surface area contributed by atoms with Gasteiger partial charge < -0.3 is 17.1 Å². The van der Waals surface area contributed by atoms with E-state index >= 15 is 0 Å². The summed E-state index contributed by atoms with van der Waals surface area (Å²) in [6.45, 7) is 2.15. The molecule has 0 aromatic carbocycles. The summed E-state index contributed by atoms with van der Waals surface area (Å²) in [4.78, 5) is 2.49. The van der Waals surface area contributed by atoms with Crippen LogP contribution in [0, 0.1) is 7.43 Å². The van der Waals surface area contributed by atoms with Gasteiger partial charge in [-0.15, -0.1) is 0 Å². The Morgan fingerprint density at radius 1 is 1.21 bits per heavy atom. The van der Waals surface area contributed by atoms with Gasteiger partial charge in [-0.1, -0.05) is 6.42 Å². The van der Waals surface area contributed by atoms with Crippen molar-refractivity contribution in [3.05, 3.63) is 7.43 Å². The van der Waals surface area contributed by atoms with Crippen molar-refractivity contribution in [2.24, 2.45) is 0 Å². The van der Waals surface area contributed by atoms with Crippen LogP contribution < -0.4 is 51.4 Å². The van der Waals surface area contributed by atoms with Crippen LogP contribution in [0.15, 0.2) is 0 Å². The summed E-state index contributed by atoms with van der Waals surface area (Å²) >= 11 is 0. The summed E-state index contributed by atoms with van der Waals surface area (Å²) in [5.74, 6) is 0. The van der Waals surface area contributed by atoms with Gasteiger partial charge in [-0.25, -0.2) is 0 Å². The van der Waals surface area contributed by atoms with Crippen molar-refractivity contribution in [1.29, 1.82) is 0 Å². The molecule has 0 amide bonds. The van der Waals surface area contributed by atoms with Gasteiger partial charge in [0.2, 0.25) is 0 Å². The quantitative estimate of drug-likeness (QED) is 0.454. The van der Waals surface area contributed by atoms with Gasteiger partial charge >= 0.3 is 51.4 Å². The van der Waals surface area contributed by atoms with E-state index in [1.54, 1.807) is 0 Å². The number of hydrogen-bond acceptors (Lipinski definition) is 2. The Labute approximate surface area is 131 Å². The van der Waals surface area contributed by atoms with Crippen LogP contribution in [-0.2, 0) is 4.74 Å². The standard InChI is InChI=1S/C10H19NO.CH3.K/c1-11(9-4-2-5-9)8-10-6-3-7-12-10;;/h9-10H,2-8H2,1H3;1H3;/q;-1;+1. The van der Waals surface area contributed by atoms with Gasteiger partial charge in [-0.2, -0.15) is 0 Å².